The van der Waals surface area contributed by atoms with E-state index >= 15 is 0 Å². The van der Waals surface area contributed by atoms with Gasteiger partial charge in [0.2, 0.25) is 5.91 Å². The second-order valence-corrected chi connectivity index (χ2v) is 4.92. The molecule has 5 nitrogen and oxygen atoms in total. The van der Waals surface area contributed by atoms with Gasteiger partial charge in [0, 0.05) is 12.2 Å². The van der Waals surface area contributed by atoms with Crippen molar-refractivity contribution in [1.82, 2.24) is 5.32 Å². The molecule has 0 radical (unpaired) electrons. The lowest BCUT2D eigenvalue weighted by molar-refractivity contribution is -0.120. The van der Waals surface area contributed by atoms with E-state index in [9.17, 15) is 14.0 Å². The monoisotopic (exact) mass is 280 g/mol. The fourth-order valence-electron chi connectivity index (χ4n) is 2.27. The second-order valence-electron chi connectivity index (χ2n) is 4.92. The summed E-state index contributed by atoms with van der Waals surface area (Å²) in [5.41, 5.74) is 0.193. The van der Waals surface area contributed by atoms with Crippen LogP contribution < -0.4 is 10.6 Å². The summed E-state index contributed by atoms with van der Waals surface area (Å²) in [7, 11) is 1.18. The predicted octanol–water partition coefficient (Wildman–Crippen LogP) is 1.41. The van der Waals surface area contributed by atoms with Gasteiger partial charge in [0.25, 0.3) is 0 Å². The first kappa shape index (κ1) is 14.5. The maximum Gasteiger partial charge on any atom is 0.340 e. The van der Waals surface area contributed by atoms with Crippen LogP contribution in [0.2, 0.25) is 0 Å². The molecule has 1 aromatic carbocycles. The van der Waals surface area contributed by atoms with Crippen molar-refractivity contribution in [3.63, 3.8) is 0 Å². The van der Waals surface area contributed by atoms with Gasteiger partial charge in [-0.3, -0.25) is 4.79 Å². The molecule has 1 aliphatic rings. The van der Waals surface area contributed by atoms with Gasteiger partial charge < -0.3 is 15.4 Å². The molecule has 2 atom stereocenters. The number of carbonyl (C=O) groups excluding carboxylic acids is 2. The van der Waals surface area contributed by atoms with Gasteiger partial charge in [0.1, 0.15) is 5.82 Å². The smallest absolute Gasteiger partial charge is 0.340 e. The average molecular weight is 280 g/mol. The third-order valence-corrected chi connectivity index (χ3v) is 3.49. The van der Waals surface area contributed by atoms with E-state index < -0.39 is 11.8 Å². The Hall–Kier alpha value is -1.95. The van der Waals surface area contributed by atoms with E-state index in [2.05, 4.69) is 15.4 Å². The van der Waals surface area contributed by atoms with Gasteiger partial charge in [0.15, 0.2) is 0 Å². The molecule has 0 unspecified atom stereocenters. The van der Waals surface area contributed by atoms with E-state index in [1.807, 2.05) is 6.92 Å². The molecule has 0 aromatic heterocycles. The van der Waals surface area contributed by atoms with Crippen LogP contribution >= 0.6 is 0 Å². The standard InChI is InChI=1S/C14H17FN2O3/c1-8-6-16-7-11(8)13(18)17-9-3-4-12(15)10(5-9)14(19)20-2/h3-5,8,11,16H,6-7H2,1-2H3,(H,17,18)/t8-,11-/m1/s1. The van der Waals surface area contributed by atoms with Crippen molar-refractivity contribution in [2.75, 3.05) is 25.5 Å². The molecule has 1 fully saturated rings. The van der Waals surface area contributed by atoms with Crippen molar-refractivity contribution in [2.24, 2.45) is 11.8 Å². The molecule has 0 aliphatic carbocycles. The summed E-state index contributed by atoms with van der Waals surface area (Å²) < 4.78 is 18.0. The van der Waals surface area contributed by atoms with Crippen LogP contribution in [0.15, 0.2) is 18.2 Å². The molecule has 0 spiro atoms. The number of benzene rings is 1. The van der Waals surface area contributed by atoms with Gasteiger partial charge in [-0.1, -0.05) is 6.92 Å². The van der Waals surface area contributed by atoms with Gasteiger partial charge in [-0.2, -0.15) is 0 Å². The van der Waals surface area contributed by atoms with Crippen molar-refractivity contribution >= 4 is 17.6 Å². The Morgan fingerprint density at radius 2 is 2.15 bits per heavy atom. The third kappa shape index (κ3) is 2.96. The molecule has 1 heterocycles. The highest BCUT2D eigenvalue weighted by Crippen LogP contribution is 2.20. The summed E-state index contributed by atoms with van der Waals surface area (Å²) in [5, 5.41) is 5.85. The van der Waals surface area contributed by atoms with Gasteiger partial charge in [0.05, 0.1) is 18.6 Å². The number of halogens is 1. The van der Waals surface area contributed by atoms with Crippen molar-refractivity contribution in [2.45, 2.75) is 6.92 Å². The topological polar surface area (TPSA) is 67.4 Å². The summed E-state index contributed by atoms with van der Waals surface area (Å²) >= 11 is 0. The van der Waals surface area contributed by atoms with Crippen LogP contribution in [0.25, 0.3) is 0 Å². The van der Waals surface area contributed by atoms with Gasteiger partial charge in [-0.25, -0.2) is 9.18 Å². The fraction of sp³-hybridized carbons (Fsp3) is 0.429. The van der Waals surface area contributed by atoms with Crippen LogP contribution in [0.3, 0.4) is 0 Å². The number of hydrogen-bond donors (Lipinski definition) is 2. The highest BCUT2D eigenvalue weighted by Gasteiger charge is 2.29. The lowest BCUT2D eigenvalue weighted by Gasteiger charge is -2.14. The van der Waals surface area contributed by atoms with E-state index in [-0.39, 0.29) is 23.3 Å². The number of hydrogen-bond acceptors (Lipinski definition) is 4. The number of carbonyl (C=O) groups is 2. The van der Waals surface area contributed by atoms with Crippen molar-refractivity contribution in [3.8, 4) is 0 Å². The molecule has 1 amide bonds. The minimum absolute atomic E-state index is 0.123. The Bertz CT molecular complexity index is 533. The molecule has 0 bridgehead atoms. The Labute approximate surface area is 116 Å². The van der Waals surface area contributed by atoms with Gasteiger partial charge >= 0.3 is 5.97 Å². The molecule has 0 saturated carbocycles. The van der Waals surface area contributed by atoms with Crippen LogP contribution in [0.4, 0.5) is 10.1 Å². The SMILES string of the molecule is COC(=O)c1cc(NC(=O)[C@@H]2CNC[C@H]2C)ccc1F. The van der Waals surface area contributed by atoms with Crippen LogP contribution in [0, 0.1) is 17.7 Å². The zero-order chi connectivity index (χ0) is 14.7. The highest BCUT2D eigenvalue weighted by molar-refractivity contribution is 5.96. The number of rotatable bonds is 3. The summed E-state index contributed by atoms with van der Waals surface area (Å²) in [6.45, 7) is 3.42. The van der Waals surface area contributed by atoms with E-state index in [0.717, 1.165) is 12.6 Å². The molecule has 2 N–H and O–H groups in total. The maximum atomic E-state index is 13.5. The zero-order valence-electron chi connectivity index (χ0n) is 11.4. The minimum atomic E-state index is -0.769. The Kier molecular flexibility index (Phi) is 4.34. The van der Waals surface area contributed by atoms with Crippen molar-refractivity contribution in [1.29, 1.82) is 0 Å². The van der Waals surface area contributed by atoms with E-state index in [1.54, 1.807) is 0 Å². The fourth-order valence-corrected chi connectivity index (χ4v) is 2.27. The molecular formula is C14H17FN2O3. The van der Waals surface area contributed by atoms with E-state index in [1.165, 1.54) is 19.2 Å². The molecular weight excluding hydrogens is 263 g/mol. The summed E-state index contributed by atoms with van der Waals surface area (Å²) in [4.78, 5) is 23.5. The minimum Gasteiger partial charge on any atom is -0.465 e. The number of methoxy groups -OCH3 is 1. The molecule has 1 aromatic rings. The molecule has 2 rings (SSSR count). The molecule has 1 aliphatic heterocycles. The quantitative estimate of drug-likeness (QED) is 0.821. The Morgan fingerprint density at radius 3 is 2.75 bits per heavy atom. The van der Waals surface area contributed by atoms with E-state index in [4.69, 9.17) is 0 Å². The summed E-state index contributed by atoms with van der Waals surface area (Å²) in [6.07, 6.45) is 0. The zero-order valence-corrected chi connectivity index (χ0v) is 11.4. The first-order valence-electron chi connectivity index (χ1n) is 6.42. The molecule has 6 heteroatoms. The van der Waals surface area contributed by atoms with Gasteiger partial charge in [-0.15, -0.1) is 0 Å². The first-order chi connectivity index (χ1) is 9.52. The largest absolute Gasteiger partial charge is 0.465 e. The van der Waals surface area contributed by atoms with Crippen molar-refractivity contribution < 1.29 is 18.7 Å². The predicted molar refractivity (Wildman–Crippen MR) is 71.9 cm³/mol. The van der Waals surface area contributed by atoms with Crippen LogP contribution in [0.1, 0.15) is 17.3 Å². The summed E-state index contributed by atoms with van der Waals surface area (Å²) in [5.74, 6) is -1.46. The van der Waals surface area contributed by atoms with Crippen LogP contribution in [-0.4, -0.2) is 32.1 Å². The number of esters is 1. The first-order valence-corrected chi connectivity index (χ1v) is 6.42. The molecule has 20 heavy (non-hydrogen) atoms. The lowest BCUT2D eigenvalue weighted by Crippen LogP contribution is -2.28. The maximum absolute atomic E-state index is 13.5. The average Bonchev–Trinajstić information content (AvgIpc) is 2.86. The van der Waals surface area contributed by atoms with E-state index in [0.29, 0.717) is 12.2 Å². The normalized spacial score (nSPS) is 21.6. The lowest BCUT2D eigenvalue weighted by atomic mass is 9.97. The van der Waals surface area contributed by atoms with Crippen LogP contribution in [-0.2, 0) is 9.53 Å². The molecule has 1 saturated heterocycles. The highest BCUT2D eigenvalue weighted by atomic mass is 19.1. The summed E-state index contributed by atoms with van der Waals surface area (Å²) in [6, 6.07) is 3.84. The number of ether oxygens (including phenoxy) is 1. The third-order valence-electron chi connectivity index (χ3n) is 3.49. The Morgan fingerprint density at radius 1 is 1.40 bits per heavy atom. The Balaban J connectivity index is 2.13. The van der Waals surface area contributed by atoms with Crippen molar-refractivity contribution in [3.05, 3.63) is 29.6 Å². The molecule has 108 valence electrons. The second kappa shape index (κ2) is 6.00. The number of nitrogens with one attached hydrogen (secondary N) is 2. The number of amides is 1. The number of anilines is 1. The van der Waals surface area contributed by atoms with Crippen LogP contribution in [0.5, 0.6) is 0 Å². The van der Waals surface area contributed by atoms with Gasteiger partial charge in [-0.05, 0) is 30.7 Å².